The Hall–Kier alpha value is -1.31. The van der Waals surface area contributed by atoms with Crippen LogP contribution in [0.2, 0.25) is 0 Å². The van der Waals surface area contributed by atoms with Crippen molar-refractivity contribution in [3.63, 3.8) is 0 Å². The van der Waals surface area contributed by atoms with Crippen LogP contribution >= 0.6 is 0 Å². The van der Waals surface area contributed by atoms with E-state index in [1.165, 1.54) is 31.2 Å². The highest BCUT2D eigenvalue weighted by molar-refractivity contribution is 5.80. The van der Waals surface area contributed by atoms with Gasteiger partial charge in [-0.05, 0) is 12.0 Å². The van der Waals surface area contributed by atoms with E-state index in [2.05, 4.69) is 43.4 Å². The highest BCUT2D eigenvalue weighted by atomic mass is 16.2. The molecule has 2 nitrogen and oxygen atoms in total. The molecular weight excluding hydrogens is 234 g/mol. The van der Waals surface area contributed by atoms with Crippen molar-refractivity contribution in [2.45, 2.75) is 58.4 Å². The van der Waals surface area contributed by atoms with Crippen molar-refractivity contribution in [1.82, 2.24) is 5.32 Å². The van der Waals surface area contributed by atoms with Gasteiger partial charge in [0.1, 0.15) is 0 Å². The standard InChI is InChI=1S/C17H25NO/c1-3-4-5-9-12-17(2)13-15(19)18-16(17)14-10-7-6-8-11-14/h6-8,10-11,16H,3-5,9,12-13H2,1-2H3,(H,18,19). The number of amides is 1. The van der Waals surface area contributed by atoms with Crippen LogP contribution in [0.4, 0.5) is 0 Å². The zero-order valence-electron chi connectivity index (χ0n) is 12.1. The molecule has 0 bridgehead atoms. The molecule has 0 radical (unpaired) electrons. The Bertz CT molecular complexity index is 415. The van der Waals surface area contributed by atoms with Crippen LogP contribution in [0.5, 0.6) is 0 Å². The molecule has 1 aliphatic rings. The van der Waals surface area contributed by atoms with Crippen LogP contribution in [0, 0.1) is 5.41 Å². The van der Waals surface area contributed by atoms with Crippen LogP contribution in [0.3, 0.4) is 0 Å². The molecule has 0 saturated carbocycles. The van der Waals surface area contributed by atoms with Gasteiger partial charge >= 0.3 is 0 Å². The first-order valence-corrected chi connectivity index (χ1v) is 7.50. The zero-order valence-corrected chi connectivity index (χ0v) is 12.1. The molecule has 0 spiro atoms. The molecule has 1 aliphatic heterocycles. The summed E-state index contributed by atoms with van der Waals surface area (Å²) in [6, 6.07) is 10.6. The van der Waals surface area contributed by atoms with Gasteiger partial charge in [0.15, 0.2) is 0 Å². The summed E-state index contributed by atoms with van der Waals surface area (Å²) in [7, 11) is 0. The lowest BCUT2D eigenvalue weighted by Gasteiger charge is -2.30. The predicted molar refractivity (Wildman–Crippen MR) is 78.8 cm³/mol. The van der Waals surface area contributed by atoms with Gasteiger partial charge in [-0.2, -0.15) is 0 Å². The van der Waals surface area contributed by atoms with Crippen molar-refractivity contribution >= 4 is 5.91 Å². The number of unbranched alkanes of at least 4 members (excludes halogenated alkanes) is 3. The number of nitrogens with one attached hydrogen (secondary N) is 1. The van der Waals surface area contributed by atoms with Gasteiger partial charge in [-0.15, -0.1) is 0 Å². The van der Waals surface area contributed by atoms with E-state index in [1.807, 2.05) is 6.07 Å². The monoisotopic (exact) mass is 259 g/mol. The number of carbonyl (C=O) groups excluding carboxylic acids is 1. The zero-order chi connectivity index (χ0) is 13.7. The summed E-state index contributed by atoms with van der Waals surface area (Å²) >= 11 is 0. The average molecular weight is 259 g/mol. The molecule has 104 valence electrons. The minimum absolute atomic E-state index is 0.0756. The number of hydrogen-bond acceptors (Lipinski definition) is 1. The Morgan fingerprint density at radius 1 is 1.21 bits per heavy atom. The summed E-state index contributed by atoms with van der Waals surface area (Å²) in [5.74, 6) is 0.201. The summed E-state index contributed by atoms with van der Waals surface area (Å²) in [6.07, 6.45) is 6.86. The highest BCUT2D eigenvalue weighted by Gasteiger charge is 2.43. The molecule has 1 aromatic carbocycles. The van der Waals surface area contributed by atoms with E-state index in [4.69, 9.17) is 0 Å². The molecule has 1 saturated heterocycles. The fraction of sp³-hybridized carbons (Fsp3) is 0.588. The molecule has 1 N–H and O–H groups in total. The maximum absolute atomic E-state index is 11.8. The molecule has 2 heteroatoms. The lowest BCUT2D eigenvalue weighted by atomic mass is 9.75. The first-order valence-electron chi connectivity index (χ1n) is 7.50. The van der Waals surface area contributed by atoms with Crippen molar-refractivity contribution in [3.8, 4) is 0 Å². The maximum atomic E-state index is 11.8. The van der Waals surface area contributed by atoms with Crippen LogP contribution < -0.4 is 5.32 Å². The summed E-state index contributed by atoms with van der Waals surface area (Å²) in [5, 5.41) is 3.16. The predicted octanol–water partition coefficient (Wildman–Crippen LogP) is 4.22. The third-order valence-electron chi connectivity index (χ3n) is 4.30. The molecule has 1 aromatic rings. The average Bonchev–Trinajstić information content (AvgIpc) is 2.71. The van der Waals surface area contributed by atoms with E-state index in [-0.39, 0.29) is 17.4 Å². The van der Waals surface area contributed by atoms with Crippen molar-refractivity contribution in [1.29, 1.82) is 0 Å². The summed E-state index contributed by atoms with van der Waals surface area (Å²) in [5.41, 5.74) is 1.32. The molecule has 19 heavy (non-hydrogen) atoms. The highest BCUT2D eigenvalue weighted by Crippen LogP contribution is 2.45. The van der Waals surface area contributed by atoms with Crippen LogP contribution in [0.15, 0.2) is 30.3 Å². The van der Waals surface area contributed by atoms with E-state index in [9.17, 15) is 4.79 Å². The van der Waals surface area contributed by atoms with E-state index < -0.39 is 0 Å². The third-order valence-corrected chi connectivity index (χ3v) is 4.30. The van der Waals surface area contributed by atoms with E-state index in [1.54, 1.807) is 0 Å². The van der Waals surface area contributed by atoms with Gasteiger partial charge in [-0.1, -0.05) is 69.9 Å². The molecule has 1 amide bonds. The summed E-state index contributed by atoms with van der Waals surface area (Å²) in [4.78, 5) is 11.8. The fourth-order valence-corrected chi connectivity index (χ4v) is 3.17. The third kappa shape index (κ3) is 3.37. The van der Waals surface area contributed by atoms with Crippen molar-refractivity contribution in [2.24, 2.45) is 5.41 Å². The smallest absolute Gasteiger partial charge is 0.221 e. The lowest BCUT2D eigenvalue weighted by molar-refractivity contribution is -0.119. The quantitative estimate of drug-likeness (QED) is 0.761. The number of rotatable bonds is 6. The van der Waals surface area contributed by atoms with Crippen molar-refractivity contribution in [2.75, 3.05) is 0 Å². The Morgan fingerprint density at radius 2 is 1.95 bits per heavy atom. The second kappa shape index (κ2) is 6.23. The number of hydrogen-bond donors (Lipinski definition) is 1. The fourth-order valence-electron chi connectivity index (χ4n) is 3.17. The Kier molecular flexibility index (Phi) is 4.62. The Balaban J connectivity index is 2.06. The summed E-state index contributed by atoms with van der Waals surface area (Å²) in [6.45, 7) is 4.49. The van der Waals surface area contributed by atoms with E-state index in [0.717, 1.165) is 6.42 Å². The van der Waals surface area contributed by atoms with Crippen molar-refractivity contribution in [3.05, 3.63) is 35.9 Å². The SMILES string of the molecule is CCCCCCC1(C)CC(=O)NC1c1ccccc1. The molecule has 2 unspecified atom stereocenters. The molecular formula is C17H25NO. The van der Waals surface area contributed by atoms with Gasteiger partial charge in [-0.3, -0.25) is 4.79 Å². The molecule has 1 fully saturated rings. The van der Waals surface area contributed by atoms with Crippen molar-refractivity contribution < 1.29 is 4.79 Å². The molecule has 0 aliphatic carbocycles. The minimum atomic E-state index is 0.0756. The van der Waals surface area contributed by atoms with Gasteiger partial charge in [0, 0.05) is 11.8 Å². The van der Waals surface area contributed by atoms with Crippen LogP contribution in [-0.2, 0) is 4.79 Å². The minimum Gasteiger partial charge on any atom is -0.349 e. The summed E-state index contributed by atoms with van der Waals surface area (Å²) < 4.78 is 0. The topological polar surface area (TPSA) is 29.1 Å². The van der Waals surface area contributed by atoms with E-state index >= 15 is 0 Å². The second-order valence-corrected chi connectivity index (χ2v) is 6.05. The molecule has 0 aromatic heterocycles. The van der Waals surface area contributed by atoms with Gasteiger partial charge in [0.2, 0.25) is 5.91 Å². The normalized spacial score (nSPS) is 26.4. The first-order chi connectivity index (χ1) is 9.15. The van der Waals surface area contributed by atoms with Crippen LogP contribution in [0.1, 0.15) is 64.0 Å². The second-order valence-electron chi connectivity index (χ2n) is 6.05. The number of carbonyl (C=O) groups is 1. The number of benzene rings is 1. The molecule has 2 rings (SSSR count). The van der Waals surface area contributed by atoms with Crippen LogP contribution in [-0.4, -0.2) is 5.91 Å². The largest absolute Gasteiger partial charge is 0.349 e. The van der Waals surface area contributed by atoms with Gasteiger partial charge in [-0.25, -0.2) is 0 Å². The maximum Gasteiger partial charge on any atom is 0.221 e. The first kappa shape index (κ1) is 14.1. The van der Waals surface area contributed by atoms with Gasteiger partial charge in [0.05, 0.1) is 6.04 Å². The molecule has 1 heterocycles. The molecule has 2 atom stereocenters. The van der Waals surface area contributed by atoms with Gasteiger partial charge in [0.25, 0.3) is 0 Å². The Morgan fingerprint density at radius 3 is 2.63 bits per heavy atom. The lowest BCUT2D eigenvalue weighted by Crippen LogP contribution is -2.26. The van der Waals surface area contributed by atoms with Gasteiger partial charge < -0.3 is 5.32 Å². The van der Waals surface area contributed by atoms with Crippen LogP contribution in [0.25, 0.3) is 0 Å². The van der Waals surface area contributed by atoms with E-state index in [0.29, 0.717) is 6.42 Å². The Labute approximate surface area is 116 Å².